The number of anilines is 2. The SMILES string of the molecule is CCNc1cc(NC2CCCC2)nc(C2CC2)n1. The zero-order chi connectivity index (χ0) is 12.4. The van der Waals surface area contributed by atoms with E-state index in [1.165, 1.54) is 38.5 Å². The van der Waals surface area contributed by atoms with Gasteiger partial charge in [-0.1, -0.05) is 12.8 Å². The van der Waals surface area contributed by atoms with E-state index in [1.54, 1.807) is 0 Å². The van der Waals surface area contributed by atoms with E-state index in [9.17, 15) is 0 Å². The zero-order valence-electron chi connectivity index (χ0n) is 11.1. The first-order chi connectivity index (χ1) is 8.85. The molecule has 2 aliphatic carbocycles. The fourth-order valence-corrected chi connectivity index (χ4v) is 2.61. The fraction of sp³-hybridized carbons (Fsp3) is 0.714. The summed E-state index contributed by atoms with van der Waals surface area (Å²) in [6.45, 7) is 3.01. The third-order valence-electron chi connectivity index (χ3n) is 3.75. The lowest BCUT2D eigenvalue weighted by molar-refractivity contribution is 0.746. The monoisotopic (exact) mass is 246 g/mol. The average molecular weight is 246 g/mol. The molecule has 0 unspecified atom stereocenters. The van der Waals surface area contributed by atoms with Crippen LogP contribution in [0, 0.1) is 0 Å². The quantitative estimate of drug-likeness (QED) is 0.838. The number of nitrogens with one attached hydrogen (secondary N) is 2. The summed E-state index contributed by atoms with van der Waals surface area (Å²) in [6.07, 6.45) is 7.74. The Balaban J connectivity index is 1.77. The number of hydrogen-bond acceptors (Lipinski definition) is 4. The normalized spacial score (nSPS) is 20.1. The van der Waals surface area contributed by atoms with E-state index in [2.05, 4.69) is 27.5 Å². The van der Waals surface area contributed by atoms with Crippen molar-refractivity contribution in [3.63, 3.8) is 0 Å². The van der Waals surface area contributed by atoms with E-state index in [4.69, 9.17) is 0 Å². The van der Waals surface area contributed by atoms with E-state index in [0.717, 1.165) is 24.0 Å². The molecular formula is C14H22N4. The average Bonchev–Trinajstić information content (AvgIpc) is 3.09. The topological polar surface area (TPSA) is 49.8 Å². The van der Waals surface area contributed by atoms with Crippen LogP contribution in [-0.4, -0.2) is 22.6 Å². The van der Waals surface area contributed by atoms with Crippen molar-refractivity contribution in [2.24, 2.45) is 0 Å². The highest BCUT2D eigenvalue weighted by Crippen LogP contribution is 2.39. The van der Waals surface area contributed by atoms with Crippen molar-refractivity contribution in [1.29, 1.82) is 0 Å². The van der Waals surface area contributed by atoms with Gasteiger partial charge in [-0.2, -0.15) is 0 Å². The second kappa shape index (κ2) is 5.12. The van der Waals surface area contributed by atoms with Crippen LogP contribution < -0.4 is 10.6 Å². The first kappa shape index (κ1) is 11.8. The standard InChI is InChI=1S/C14H22N4/c1-2-15-12-9-13(16-11-5-3-4-6-11)18-14(17-12)10-7-8-10/h9-11H,2-8H2,1H3,(H2,15,16,17,18). The largest absolute Gasteiger partial charge is 0.370 e. The minimum Gasteiger partial charge on any atom is -0.370 e. The van der Waals surface area contributed by atoms with Crippen LogP contribution in [0.15, 0.2) is 6.07 Å². The minimum absolute atomic E-state index is 0.604. The third-order valence-corrected chi connectivity index (χ3v) is 3.75. The lowest BCUT2D eigenvalue weighted by Gasteiger charge is -2.14. The maximum Gasteiger partial charge on any atom is 0.136 e. The van der Waals surface area contributed by atoms with Gasteiger partial charge in [-0.3, -0.25) is 0 Å². The van der Waals surface area contributed by atoms with Gasteiger partial charge in [-0.15, -0.1) is 0 Å². The lowest BCUT2D eigenvalue weighted by Crippen LogP contribution is -2.16. The number of hydrogen-bond donors (Lipinski definition) is 2. The zero-order valence-corrected chi connectivity index (χ0v) is 11.1. The molecule has 1 aromatic rings. The van der Waals surface area contributed by atoms with Gasteiger partial charge in [-0.25, -0.2) is 9.97 Å². The Morgan fingerprint density at radius 2 is 1.83 bits per heavy atom. The molecule has 1 aromatic heterocycles. The van der Waals surface area contributed by atoms with Gasteiger partial charge in [0, 0.05) is 24.6 Å². The maximum absolute atomic E-state index is 4.68. The summed E-state index contributed by atoms with van der Waals surface area (Å²) in [7, 11) is 0. The van der Waals surface area contributed by atoms with Crippen LogP contribution in [0.2, 0.25) is 0 Å². The fourth-order valence-electron chi connectivity index (χ4n) is 2.61. The first-order valence-electron chi connectivity index (χ1n) is 7.24. The molecule has 0 radical (unpaired) electrons. The molecule has 2 saturated carbocycles. The predicted molar refractivity (Wildman–Crippen MR) is 74.0 cm³/mol. The molecule has 0 bridgehead atoms. The van der Waals surface area contributed by atoms with Gasteiger partial charge in [0.1, 0.15) is 17.5 Å². The van der Waals surface area contributed by atoms with Crippen molar-refractivity contribution in [2.75, 3.05) is 17.2 Å². The Hall–Kier alpha value is -1.32. The summed E-state index contributed by atoms with van der Waals surface area (Å²) < 4.78 is 0. The summed E-state index contributed by atoms with van der Waals surface area (Å²) in [5, 5.41) is 6.88. The molecule has 4 nitrogen and oxygen atoms in total. The molecule has 0 aliphatic heterocycles. The molecule has 0 aromatic carbocycles. The number of nitrogens with zero attached hydrogens (tertiary/aromatic N) is 2. The lowest BCUT2D eigenvalue weighted by atomic mass is 10.2. The van der Waals surface area contributed by atoms with E-state index in [1.807, 2.05) is 6.07 Å². The van der Waals surface area contributed by atoms with E-state index in [-0.39, 0.29) is 0 Å². The van der Waals surface area contributed by atoms with Crippen molar-refractivity contribution in [3.8, 4) is 0 Å². The molecule has 3 rings (SSSR count). The third kappa shape index (κ3) is 2.74. The van der Waals surface area contributed by atoms with Crippen molar-refractivity contribution in [2.45, 2.75) is 57.4 Å². The molecule has 1 heterocycles. The molecule has 98 valence electrons. The predicted octanol–water partition coefficient (Wildman–Crippen LogP) is 3.14. The van der Waals surface area contributed by atoms with Crippen LogP contribution in [-0.2, 0) is 0 Å². The van der Waals surface area contributed by atoms with Crippen LogP contribution in [0.5, 0.6) is 0 Å². The van der Waals surface area contributed by atoms with Crippen LogP contribution >= 0.6 is 0 Å². The van der Waals surface area contributed by atoms with Crippen molar-refractivity contribution in [3.05, 3.63) is 11.9 Å². The molecule has 18 heavy (non-hydrogen) atoms. The smallest absolute Gasteiger partial charge is 0.136 e. The van der Waals surface area contributed by atoms with Crippen molar-refractivity contribution >= 4 is 11.6 Å². The van der Waals surface area contributed by atoms with E-state index in [0.29, 0.717) is 12.0 Å². The molecule has 0 amide bonds. The Morgan fingerprint density at radius 1 is 1.11 bits per heavy atom. The molecule has 2 aliphatic rings. The van der Waals surface area contributed by atoms with E-state index >= 15 is 0 Å². The van der Waals surface area contributed by atoms with Crippen LogP contribution in [0.25, 0.3) is 0 Å². The Labute approximate surface area is 109 Å². The first-order valence-corrected chi connectivity index (χ1v) is 7.24. The number of rotatable bonds is 5. The maximum atomic E-state index is 4.68. The summed E-state index contributed by atoms with van der Waals surface area (Å²) in [4.78, 5) is 9.28. The van der Waals surface area contributed by atoms with Gasteiger partial charge in [0.15, 0.2) is 0 Å². The van der Waals surface area contributed by atoms with Gasteiger partial charge < -0.3 is 10.6 Å². The highest BCUT2D eigenvalue weighted by Gasteiger charge is 2.27. The van der Waals surface area contributed by atoms with Crippen molar-refractivity contribution < 1.29 is 0 Å². The molecule has 2 N–H and O–H groups in total. The van der Waals surface area contributed by atoms with Gasteiger partial charge >= 0.3 is 0 Å². The minimum atomic E-state index is 0.604. The molecular weight excluding hydrogens is 224 g/mol. The van der Waals surface area contributed by atoms with Gasteiger partial charge in [-0.05, 0) is 32.6 Å². The van der Waals surface area contributed by atoms with Gasteiger partial charge in [0.25, 0.3) is 0 Å². The van der Waals surface area contributed by atoms with Gasteiger partial charge in [0.05, 0.1) is 0 Å². The highest BCUT2D eigenvalue weighted by atomic mass is 15.1. The Morgan fingerprint density at radius 3 is 2.50 bits per heavy atom. The summed E-state index contributed by atoms with van der Waals surface area (Å²) >= 11 is 0. The Bertz CT molecular complexity index is 408. The summed E-state index contributed by atoms with van der Waals surface area (Å²) in [5.74, 6) is 3.60. The van der Waals surface area contributed by atoms with Crippen molar-refractivity contribution in [1.82, 2.24) is 9.97 Å². The molecule has 2 fully saturated rings. The van der Waals surface area contributed by atoms with Crippen LogP contribution in [0.4, 0.5) is 11.6 Å². The summed E-state index contributed by atoms with van der Waals surface area (Å²) in [6, 6.07) is 2.66. The number of aromatic nitrogens is 2. The second-order valence-corrected chi connectivity index (χ2v) is 5.43. The molecule has 0 saturated heterocycles. The molecule has 4 heteroatoms. The molecule has 0 atom stereocenters. The Kier molecular flexibility index (Phi) is 3.35. The van der Waals surface area contributed by atoms with Crippen LogP contribution in [0.3, 0.4) is 0 Å². The van der Waals surface area contributed by atoms with Crippen LogP contribution in [0.1, 0.15) is 57.2 Å². The van der Waals surface area contributed by atoms with Gasteiger partial charge in [0.2, 0.25) is 0 Å². The molecule has 0 spiro atoms. The highest BCUT2D eigenvalue weighted by molar-refractivity contribution is 5.48. The van der Waals surface area contributed by atoms with E-state index < -0.39 is 0 Å². The summed E-state index contributed by atoms with van der Waals surface area (Å²) in [5.41, 5.74) is 0. The second-order valence-electron chi connectivity index (χ2n) is 5.43.